The molecule has 3 aromatic rings. The molecule has 4 rings (SSSR count). The van der Waals surface area contributed by atoms with Crippen LogP contribution in [-0.4, -0.2) is 73.1 Å². The van der Waals surface area contributed by atoms with Gasteiger partial charge >= 0.3 is 0 Å². The number of carbonyl (C=O) groups excluding carboxylic acids is 1. The van der Waals surface area contributed by atoms with E-state index < -0.39 is 9.84 Å². The number of rotatable bonds is 11. The standard InChI is InChI=1S/C28H36N4O4S/c1-23(2)27(33)31(14-13-30-15-17-36-18-16-30)21-26-19-29-28(32(26)20-24-9-5-3-6-10-24)37(34,35)22-25-11-7-4-8-12-25/h3-12,19,23H,13-18,20-22H2,1-2H3. The summed E-state index contributed by atoms with van der Waals surface area (Å²) in [4.78, 5) is 21.7. The highest BCUT2D eigenvalue weighted by molar-refractivity contribution is 7.90. The summed E-state index contributed by atoms with van der Waals surface area (Å²) < 4.78 is 34.2. The topological polar surface area (TPSA) is 84.7 Å². The molecule has 0 unspecified atom stereocenters. The van der Waals surface area contributed by atoms with E-state index in [1.54, 1.807) is 22.9 Å². The molecule has 2 heterocycles. The average molecular weight is 525 g/mol. The van der Waals surface area contributed by atoms with Crippen LogP contribution in [-0.2, 0) is 38.2 Å². The summed E-state index contributed by atoms with van der Waals surface area (Å²) in [5.41, 5.74) is 2.37. The lowest BCUT2D eigenvalue weighted by Gasteiger charge is -2.31. The van der Waals surface area contributed by atoms with E-state index in [0.29, 0.717) is 44.1 Å². The molecule has 1 aliphatic rings. The van der Waals surface area contributed by atoms with Crippen LogP contribution in [0.1, 0.15) is 30.7 Å². The van der Waals surface area contributed by atoms with Gasteiger partial charge in [0.05, 0.1) is 43.9 Å². The van der Waals surface area contributed by atoms with Gasteiger partial charge in [0.25, 0.3) is 0 Å². The minimum absolute atomic E-state index is 0.0281. The molecule has 8 nitrogen and oxygen atoms in total. The van der Waals surface area contributed by atoms with Crippen LogP contribution in [0, 0.1) is 5.92 Å². The Morgan fingerprint density at radius 3 is 2.24 bits per heavy atom. The van der Waals surface area contributed by atoms with Crippen molar-refractivity contribution >= 4 is 15.7 Å². The van der Waals surface area contributed by atoms with Crippen LogP contribution in [0.25, 0.3) is 0 Å². The van der Waals surface area contributed by atoms with Crippen LogP contribution >= 0.6 is 0 Å². The summed E-state index contributed by atoms with van der Waals surface area (Å²) in [7, 11) is -3.72. The Bertz CT molecular complexity index is 1250. The van der Waals surface area contributed by atoms with E-state index in [2.05, 4.69) is 9.88 Å². The number of ether oxygens (including phenoxy) is 1. The molecule has 1 aliphatic heterocycles. The number of amides is 1. The first-order valence-corrected chi connectivity index (χ1v) is 14.4. The molecule has 0 spiro atoms. The van der Waals surface area contributed by atoms with Crippen molar-refractivity contribution in [3.8, 4) is 0 Å². The number of imidazole rings is 1. The van der Waals surface area contributed by atoms with Gasteiger partial charge < -0.3 is 14.2 Å². The Balaban J connectivity index is 1.63. The molecule has 0 N–H and O–H groups in total. The molecule has 2 aromatic carbocycles. The van der Waals surface area contributed by atoms with Gasteiger partial charge in [-0.05, 0) is 11.1 Å². The van der Waals surface area contributed by atoms with Crippen molar-refractivity contribution in [2.45, 2.75) is 37.8 Å². The Hall–Kier alpha value is -3.01. The molecule has 198 valence electrons. The van der Waals surface area contributed by atoms with E-state index in [1.165, 1.54) is 0 Å². The van der Waals surface area contributed by atoms with E-state index in [9.17, 15) is 13.2 Å². The van der Waals surface area contributed by atoms with E-state index in [-0.39, 0.29) is 22.7 Å². The van der Waals surface area contributed by atoms with Crippen molar-refractivity contribution in [3.05, 3.63) is 83.7 Å². The predicted octanol–water partition coefficient (Wildman–Crippen LogP) is 3.22. The van der Waals surface area contributed by atoms with Gasteiger partial charge in [0.1, 0.15) is 0 Å². The van der Waals surface area contributed by atoms with Crippen LogP contribution in [0.15, 0.2) is 72.0 Å². The maximum atomic E-state index is 13.5. The Morgan fingerprint density at radius 2 is 1.62 bits per heavy atom. The molecule has 0 saturated carbocycles. The van der Waals surface area contributed by atoms with Crippen LogP contribution in [0.3, 0.4) is 0 Å². The molecule has 37 heavy (non-hydrogen) atoms. The highest BCUT2D eigenvalue weighted by Crippen LogP contribution is 2.21. The second kappa shape index (κ2) is 12.5. The third kappa shape index (κ3) is 7.28. The van der Waals surface area contributed by atoms with E-state index >= 15 is 0 Å². The smallest absolute Gasteiger partial charge is 0.228 e. The first-order chi connectivity index (χ1) is 17.8. The molecule has 0 atom stereocenters. The van der Waals surface area contributed by atoms with Gasteiger partial charge in [-0.15, -0.1) is 0 Å². The molecule has 1 amide bonds. The maximum absolute atomic E-state index is 13.5. The van der Waals surface area contributed by atoms with Crippen LogP contribution in [0.5, 0.6) is 0 Å². The highest BCUT2D eigenvalue weighted by atomic mass is 32.2. The van der Waals surface area contributed by atoms with Gasteiger partial charge in [0.15, 0.2) is 0 Å². The lowest BCUT2D eigenvalue weighted by atomic mass is 10.2. The van der Waals surface area contributed by atoms with E-state index in [0.717, 1.165) is 25.2 Å². The number of morpholine rings is 1. The lowest BCUT2D eigenvalue weighted by Crippen LogP contribution is -2.44. The zero-order valence-corrected chi connectivity index (χ0v) is 22.4. The van der Waals surface area contributed by atoms with Crippen molar-refractivity contribution in [2.24, 2.45) is 5.92 Å². The number of aromatic nitrogens is 2. The number of benzene rings is 2. The van der Waals surface area contributed by atoms with Crippen molar-refractivity contribution in [1.29, 1.82) is 0 Å². The quantitative estimate of drug-likeness (QED) is 0.383. The predicted molar refractivity (Wildman–Crippen MR) is 143 cm³/mol. The third-order valence-electron chi connectivity index (χ3n) is 6.51. The molecular weight excluding hydrogens is 488 g/mol. The highest BCUT2D eigenvalue weighted by Gasteiger charge is 2.27. The third-order valence-corrected chi connectivity index (χ3v) is 8.11. The number of hydrogen-bond donors (Lipinski definition) is 0. The van der Waals surface area contributed by atoms with Crippen molar-refractivity contribution < 1.29 is 17.9 Å². The van der Waals surface area contributed by atoms with E-state index in [1.807, 2.05) is 67.3 Å². The lowest BCUT2D eigenvalue weighted by molar-refractivity contribution is -0.135. The van der Waals surface area contributed by atoms with Gasteiger partial charge in [0, 0.05) is 32.1 Å². The Labute approximate surface area is 219 Å². The largest absolute Gasteiger partial charge is 0.379 e. The van der Waals surface area contributed by atoms with Gasteiger partial charge in [-0.3, -0.25) is 9.69 Å². The number of carbonyl (C=O) groups is 1. The monoisotopic (exact) mass is 524 g/mol. The summed E-state index contributed by atoms with van der Waals surface area (Å²) >= 11 is 0. The molecule has 0 radical (unpaired) electrons. The summed E-state index contributed by atoms with van der Waals surface area (Å²) in [6, 6.07) is 18.9. The maximum Gasteiger partial charge on any atom is 0.228 e. The van der Waals surface area contributed by atoms with Gasteiger partial charge in [-0.2, -0.15) is 0 Å². The molecule has 1 fully saturated rings. The van der Waals surface area contributed by atoms with Crippen molar-refractivity contribution in [1.82, 2.24) is 19.4 Å². The molecular formula is C28H36N4O4S. The number of hydrogen-bond acceptors (Lipinski definition) is 6. The van der Waals surface area contributed by atoms with Gasteiger partial charge in [-0.1, -0.05) is 74.5 Å². The fourth-order valence-electron chi connectivity index (χ4n) is 4.47. The minimum Gasteiger partial charge on any atom is -0.379 e. The molecule has 0 aliphatic carbocycles. The average Bonchev–Trinajstić information content (AvgIpc) is 3.30. The summed E-state index contributed by atoms with van der Waals surface area (Å²) in [5, 5.41) is 0.0281. The SMILES string of the molecule is CC(C)C(=O)N(CCN1CCOCC1)Cc1cnc(S(=O)(=O)Cc2ccccc2)n1Cc1ccccc1. The molecule has 1 aromatic heterocycles. The zero-order valence-electron chi connectivity index (χ0n) is 21.6. The first-order valence-electron chi connectivity index (χ1n) is 12.8. The van der Waals surface area contributed by atoms with Crippen molar-refractivity contribution in [2.75, 3.05) is 39.4 Å². The number of sulfone groups is 1. The number of nitrogens with zero attached hydrogens (tertiary/aromatic N) is 4. The second-order valence-corrected chi connectivity index (χ2v) is 11.6. The molecule has 9 heteroatoms. The Morgan fingerprint density at radius 1 is 1.00 bits per heavy atom. The fraction of sp³-hybridized carbons (Fsp3) is 0.429. The minimum atomic E-state index is -3.72. The van der Waals surface area contributed by atoms with Gasteiger partial charge in [-0.25, -0.2) is 13.4 Å². The summed E-state index contributed by atoms with van der Waals surface area (Å²) in [5.74, 6) is -0.268. The van der Waals surface area contributed by atoms with Gasteiger partial charge in [0.2, 0.25) is 20.9 Å². The van der Waals surface area contributed by atoms with Crippen LogP contribution in [0.2, 0.25) is 0 Å². The summed E-state index contributed by atoms with van der Waals surface area (Å²) in [6.07, 6.45) is 1.61. The fourth-order valence-corrected chi connectivity index (χ4v) is 5.97. The van der Waals surface area contributed by atoms with Crippen molar-refractivity contribution in [3.63, 3.8) is 0 Å². The molecule has 1 saturated heterocycles. The summed E-state index contributed by atoms with van der Waals surface area (Å²) in [6.45, 7) is 8.81. The molecule has 0 bridgehead atoms. The zero-order chi connectivity index (χ0) is 26.3. The van der Waals surface area contributed by atoms with Crippen LogP contribution < -0.4 is 0 Å². The second-order valence-electron chi connectivity index (χ2n) is 9.72. The van der Waals surface area contributed by atoms with Crippen LogP contribution in [0.4, 0.5) is 0 Å². The Kier molecular flexibility index (Phi) is 9.13. The first kappa shape index (κ1) is 27.0. The normalized spacial score (nSPS) is 14.7. The van der Waals surface area contributed by atoms with E-state index in [4.69, 9.17) is 4.74 Å².